The highest BCUT2D eigenvalue weighted by Gasteiger charge is 2.32. The van der Waals surface area contributed by atoms with Gasteiger partial charge >= 0.3 is 5.97 Å². The Kier molecular flexibility index (Phi) is 4.66. The highest BCUT2D eigenvalue weighted by molar-refractivity contribution is 6.30. The summed E-state index contributed by atoms with van der Waals surface area (Å²) >= 11 is 0. The molecule has 0 radical (unpaired) electrons. The Labute approximate surface area is 211 Å². The molecule has 7 rings (SSSR count). The third kappa shape index (κ3) is 3.46. The second-order valence-electron chi connectivity index (χ2n) is 8.78. The lowest BCUT2D eigenvalue weighted by atomic mass is 9.96. The molecule has 0 amide bonds. The summed E-state index contributed by atoms with van der Waals surface area (Å²) in [6.07, 6.45) is 1.48. The van der Waals surface area contributed by atoms with Gasteiger partial charge in [0.15, 0.2) is 0 Å². The van der Waals surface area contributed by atoms with Crippen LogP contribution in [-0.4, -0.2) is 21.3 Å². The molecule has 4 aromatic carbocycles. The fraction of sp³-hybridized carbons (Fsp3) is 0. The van der Waals surface area contributed by atoms with Crippen molar-refractivity contribution in [3.8, 4) is 22.8 Å². The number of benzene rings is 4. The van der Waals surface area contributed by atoms with Crippen molar-refractivity contribution in [1.82, 2.24) is 9.55 Å². The number of nitrogens with zero attached hydrogens (tertiary/aromatic N) is 2. The van der Waals surface area contributed by atoms with Crippen molar-refractivity contribution in [1.29, 1.82) is 0 Å². The van der Waals surface area contributed by atoms with Crippen LogP contribution in [0.2, 0.25) is 0 Å². The third-order valence-electron chi connectivity index (χ3n) is 6.49. The first-order valence-corrected chi connectivity index (χ1v) is 11.8. The molecule has 0 spiro atoms. The summed E-state index contributed by atoms with van der Waals surface area (Å²) in [4.78, 5) is 31.1. The normalized spacial score (nSPS) is 14.3. The second kappa shape index (κ2) is 8.17. The number of rotatable bonds is 3. The monoisotopic (exact) mass is 482 g/mol. The fourth-order valence-corrected chi connectivity index (χ4v) is 4.71. The first-order chi connectivity index (χ1) is 18.2. The van der Waals surface area contributed by atoms with Crippen LogP contribution in [0, 0.1) is 0 Å². The van der Waals surface area contributed by atoms with E-state index in [0.29, 0.717) is 22.9 Å². The van der Waals surface area contributed by atoms with Gasteiger partial charge in [0.25, 0.3) is 0 Å². The van der Waals surface area contributed by atoms with E-state index < -0.39 is 11.8 Å². The zero-order valence-corrected chi connectivity index (χ0v) is 19.4. The average Bonchev–Trinajstić information content (AvgIpc) is 3.49. The van der Waals surface area contributed by atoms with Crippen LogP contribution >= 0.6 is 0 Å². The number of fused-ring (bicyclic) bond motifs is 3. The lowest BCUT2D eigenvalue weighted by Gasteiger charge is -2.18. The molecule has 0 N–H and O–H groups in total. The molecule has 0 saturated carbocycles. The Bertz CT molecular complexity index is 1880. The maximum absolute atomic E-state index is 13.5. The van der Waals surface area contributed by atoms with Gasteiger partial charge in [-0.25, -0.2) is 4.79 Å². The van der Waals surface area contributed by atoms with Crippen LogP contribution in [-0.2, 0) is 4.79 Å². The number of carbonyl (C=O) groups excluding carboxylic acids is 2. The van der Waals surface area contributed by atoms with E-state index in [1.807, 2.05) is 95.6 Å². The van der Waals surface area contributed by atoms with E-state index in [2.05, 4.69) is 4.98 Å². The van der Waals surface area contributed by atoms with Crippen molar-refractivity contribution in [2.45, 2.75) is 0 Å². The quantitative estimate of drug-likeness (QED) is 0.123. The predicted octanol–water partition coefficient (Wildman–Crippen LogP) is 6.62. The maximum Gasteiger partial charge on any atom is 0.347 e. The van der Waals surface area contributed by atoms with E-state index >= 15 is 0 Å². The van der Waals surface area contributed by atoms with Crippen LogP contribution in [0.15, 0.2) is 113 Å². The first kappa shape index (κ1) is 21.1. The van der Waals surface area contributed by atoms with Crippen molar-refractivity contribution in [2.24, 2.45) is 0 Å². The smallest absolute Gasteiger partial charge is 0.347 e. The highest BCUT2D eigenvalue weighted by atomic mass is 16.5. The molecule has 0 aliphatic carbocycles. The maximum atomic E-state index is 13.5. The summed E-state index contributed by atoms with van der Waals surface area (Å²) in [6.45, 7) is 0. The highest BCUT2D eigenvalue weighted by Crippen LogP contribution is 2.35. The molecule has 0 bridgehead atoms. The van der Waals surface area contributed by atoms with Crippen molar-refractivity contribution >= 4 is 39.8 Å². The number of furan rings is 1. The van der Waals surface area contributed by atoms with E-state index in [1.54, 1.807) is 12.1 Å². The van der Waals surface area contributed by atoms with Gasteiger partial charge in [-0.1, -0.05) is 72.8 Å². The van der Waals surface area contributed by atoms with Gasteiger partial charge in [0.05, 0.1) is 5.56 Å². The number of hydrogen-bond acceptors (Lipinski definition) is 5. The Morgan fingerprint density at radius 1 is 0.757 bits per heavy atom. The number of hydrogen-bond donors (Lipinski definition) is 0. The minimum Gasteiger partial charge on any atom is -0.436 e. The summed E-state index contributed by atoms with van der Waals surface area (Å²) < 4.78 is 13.5. The zero-order chi connectivity index (χ0) is 24.9. The molecule has 176 valence electrons. The Hall–Kier alpha value is -5.23. The lowest BCUT2D eigenvalue weighted by molar-refractivity contribution is -0.130. The number of imidazole rings is 1. The van der Waals surface area contributed by atoms with Crippen LogP contribution < -0.4 is 4.74 Å². The number of ether oxygens (including phenoxy) is 1. The molecule has 1 aliphatic rings. The van der Waals surface area contributed by atoms with Gasteiger partial charge in [-0.15, -0.1) is 0 Å². The molecule has 1 aliphatic heterocycles. The van der Waals surface area contributed by atoms with E-state index in [0.717, 1.165) is 27.5 Å². The molecule has 0 fully saturated rings. The van der Waals surface area contributed by atoms with Crippen LogP contribution in [0.25, 0.3) is 45.1 Å². The fourth-order valence-electron chi connectivity index (χ4n) is 4.71. The lowest BCUT2D eigenvalue weighted by Crippen LogP contribution is -2.25. The van der Waals surface area contributed by atoms with E-state index in [1.165, 1.54) is 6.08 Å². The van der Waals surface area contributed by atoms with Gasteiger partial charge < -0.3 is 9.15 Å². The van der Waals surface area contributed by atoms with Crippen molar-refractivity contribution in [2.75, 3.05) is 0 Å². The van der Waals surface area contributed by atoms with Gasteiger partial charge in [0.2, 0.25) is 11.5 Å². The molecule has 37 heavy (non-hydrogen) atoms. The molecular weight excluding hydrogens is 464 g/mol. The summed E-state index contributed by atoms with van der Waals surface area (Å²) in [6, 6.07) is 32.4. The van der Waals surface area contributed by atoms with Gasteiger partial charge in [0, 0.05) is 23.4 Å². The number of para-hydroxylation sites is 1. The molecule has 6 aromatic rings. The second-order valence-corrected chi connectivity index (χ2v) is 8.78. The predicted molar refractivity (Wildman–Crippen MR) is 141 cm³/mol. The third-order valence-corrected chi connectivity index (χ3v) is 6.49. The summed E-state index contributed by atoms with van der Waals surface area (Å²) in [5.74, 6) is 0.219. The zero-order valence-electron chi connectivity index (χ0n) is 19.4. The van der Waals surface area contributed by atoms with Crippen LogP contribution in [0.3, 0.4) is 0 Å². The minimum absolute atomic E-state index is 0.0871. The van der Waals surface area contributed by atoms with Crippen molar-refractivity contribution in [3.63, 3.8) is 0 Å². The van der Waals surface area contributed by atoms with Crippen LogP contribution in [0.5, 0.6) is 5.75 Å². The Balaban J connectivity index is 1.39. The number of ketones is 1. The Morgan fingerprint density at radius 3 is 2.19 bits per heavy atom. The molecule has 0 saturated heterocycles. The topological polar surface area (TPSA) is 74.3 Å². The SMILES string of the molecule is O=C1Oc2cc3ccccc3cc2C(=O)/C1=C/c1nc2oc(-c3ccccc3)cc2n1-c1ccccc1. The van der Waals surface area contributed by atoms with Gasteiger partial charge in [-0.05, 0) is 35.0 Å². The summed E-state index contributed by atoms with van der Waals surface area (Å²) in [5, 5.41) is 1.78. The number of esters is 1. The van der Waals surface area contributed by atoms with Crippen molar-refractivity contribution < 1.29 is 18.7 Å². The number of carbonyl (C=O) groups is 2. The molecule has 6 nitrogen and oxygen atoms in total. The standard InChI is InChI=1S/C31H18N2O4/c34-29-23-15-20-11-7-8-12-21(20)16-27(23)37-31(35)24(29)17-28-32-30-25(33(28)22-13-5-2-6-14-22)18-26(36-30)19-9-3-1-4-10-19/h1-18H/b24-17-. The first-order valence-electron chi connectivity index (χ1n) is 11.8. The molecule has 2 aromatic heterocycles. The molecular formula is C31H18N2O4. The number of Topliss-reactive ketones (excluding diaryl/α,β-unsaturated/α-hetero) is 1. The van der Waals surface area contributed by atoms with Crippen molar-refractivity contribution in [3.05, 3.63) is 120 Å². The number of aromatic nitrogens is 2. The summed E-state index contributed by atoms with van der Waals surface area (Å²) in [7, 11) is 0. The Morgan fingerprint density at radius 2 is 1.43 bits per heavy atom. The largest absolute Gasteiger partial charge is 0.436 e. The molecule has 0 unspecified atom stereocenters. The van der Waals surface area contributed by atoms with Gasteiger partial charge in [-0.2, -0.15) is 4.98 Å². The van der Waals surface area contributed by atoms with E-state index in [4.69, 9.17) is 9.15 Å². The molecule has 0 atom stereocenters. The molecule has 6 heteroatoms. The molecule has 3 heterocycles. The van der Waals surface area contributed by atoms with Crippen LogP contribution in [0.1, 0.15) is 16.2 Å². The van der Waals surface area contributed by atoms with Gasteiger partial charge in [-0.3, -0.25) is 9.36 Å². The average molecular weight is 482 g/mol. The minimum atomic E-state index is -0.711. The summed E-state index contributed by atoms with van der Waals surface area (Å²) in [5.41, 5.74) is 3.13. The van der Waals surface area contributed by atoms with E-state index in [-0.39, 0.29) is 11.3 Å². The van der Waals surface area contributed by atoms with Gasteiger partial charge in [0.1, 0.15) is 28.4 Å². The van der Waals surface area contributed by atoms with E-state index in [9.17, 15) is 9.59 Å². The van der Waals surface area contributed by atoms with Crippen LogP contribution in [0.4, 0.5) is 0 Å².